The Balaban J connectivity index is 1.41. The van der Waals surface area contributed by atoms with Crippen LogP contribution < -0.4 is 14.9 Å². The third kappa shape index (κ3) is 4.31. The van der Waals surface area contributed by atoms with E-state index in [4.69, 9.17) is 4.99 Å². The first kappa shape index (κ1) is 26.4. The summed E-state index contributed by atoms with van der Waals surface area (Å²) in [6, 6.07) is 31.5. The molecule has 0 saturated carbocycles. The Bertz CT molecular complexity index is 2290. The van der Waals surface area contributed by atoms with Crippen molar-refractivity contribution in [1.29, 1.82) is 0 Å². The van der Waals surface area contributed by atoms with Crippen LogP contribution in [-0.4, -0.2) is 9.55 Å². The van der Waals surface area contributed by atoms with Crippen molar-refractivity contribution in [3.63, 3.8) is 0 Å². The lowest BCUT2D eigenvalue weighted by atomic mass is 9.83. The summed E-state index contributed by atoms with van der Waals surface area (Å²) < 4.78 is 3.64. The van der Waals surface area contributed by atoms with Gasteiger partial charge < -0.3 is 4.98 Å². The fraction of sp³-hybridized carbons (Fsp3) is 0.135. The van der Waals surface area contributed by atoms with E-state index in [-0.39, 0.29) is 11.6 Å². The van der Waals surface area contributed by atoms with E-state index < -0.39 is 0 Å². The Kier molecular flexibility index (Phi) is 6.24. The van der Waals surface area contributed by atoms with Gasteiger partial charge in [0.15, 0.2) is 4.80 Å². The van der Waals surface area contributed by atoms with Gasteiger partial charge in [-0.05, 0) is 78.8 Å². The van der Waals surface area contributed by atoms with Crippen LogP contribution in [0.5, 0.6) is 0 Å². The molecule has 0 radical (unpaired) electrons. The van der Waals surface area contributed by atoms with Gasteiger partial charge in [-0.15, -0.1) is 0 Å². The highest BCUT2D eigenvalue weighted by atomic mass is 79.9. The number of nitrogens with one attached hydrogen (secondary N) is 1. The summed E-state index contributed by atoms with van der Waals surface area (Å²) >= 11 is 5.08. The van der Waals surface area contributed by atoms with Crippen LogP contribution in [0.15, 0.2) is 111 Å². The number of allylic oxidation sites excluding steroid dienone is 1. The van der Waals surface area contributed by atoms with E-state index in [0.29, 0.717) is 4.53 Å². The highest BCUT2D eigenvalue weighted by Crippen LogP contribution is 2.41. The zero-order valence-electron chi connectivity index (χ0n) is 23.8. The van der Waals surface area contributed by atoms with Gasteiger partial charge in [-0.1, -0.05) is 106 Å². The van der Waals surface area contributed by atoms with E-state index in [2.05, 4.69) is 126 Å². The lowest BCUT2D eigenvalue weighted by Crippen LogP contribution is -2.38. The summed E-state index contributed by atoms with van der Waals surface area (Å²) in [6.45, 7) is 4.26. The molecule has 0 amide bonds. The van der Waals surface area contributed by atoms with Crippen LogP contribution in [0, 0.1) is 13.8 Å². The predicted molar refractivity (Wildman–Crippen MR) is 180 cm³/mol. The molecule has 0 bridgehead atoms. The van der Waals surface area contributed by atoms with Gasteiger partial charge in [0.2, 0.25) is 0 Å². The molecule has 1 aliphatic carbocycles. The summed E-state index contributed by atoms with van der Waals surface area (Å²) in [5.41, 5.74) is 12.5. The monoisotopic (exact) mass is 641 g/mol. The summed E-state index contributed by atoms with van der Waals surface area (Å²) in [4.78, 5) is 24.1. The summed E-state index contributed by atoms with van der Waals surface area (Å²) in [6.07, 6.45) is 3.90. The highest BCUT2D eigenvalue weighted by molar-refractivity contribution is 9.10. The Morgan fingerprint density at radius 1 is 0.953 bits per heavy atom. The number of hydrogen-bond donors (Lipinski definition) is 1. The van der Waals surface area contributed by atoms with E-state index in [0.717, 1.165) is 61.1 Å². The molecule has 6 aromatic rings. The number of thiazole rings is 1. The SMILES string of the molecule is Cc1cc(C)c2[nH]c(-c3ccccc3)c(/C=c3/sc4n(c3=O)[C@@H](c3ccc(Br)cc3)C3=C(N=4)c4ccccc4CC3)c2c1. The lowest BCUT2D eigenvalue weighted by molar-refractivity contribution is 0.585. The number of rotatable bonds is 3. The number of fused-ring (bicyclic) bond motifs is 4. The fourth-order valence-corrected chi connectivity index (χ4v) is 8.00. The largest absolute Gasteiger partial charge is 0.354 e. The second kappa shape index (κ2) is 10.2. The molecule has 0 spiro atoms. The molecule has 3 heterocycles. The number of aromatic nitrogens is 2. The van der Waals surface area contributed by atoms with Crippen LogP contribution in [0.3, 0.4) is 0 Å². The Hall–Kier alpha value is -4.26. The molecule has 0 unspecified atom stereocenters. The average molecular weight is 643 g/mol. The van der Waals surface area contributed by atoms with Gasteiger partial charge in [-0.3, -0.25) is 9.36 Å². The van der Waals surface area contributed by atoms with Gasteiger partial charge in [0.25, 0.3) is 5.56 Å². The zero-order valence-corrected chi connectivity index (χ0v) is 26.2. The minimum Gasteiger partial charge on any atom is -0.354 e. The van der Waals surface area contributed by atoms with Crippen molar-refractivity contribution in [3.8, 4) is 11.3 Å². The minimum absolute atomic E-state index is 0.000172. The van der Waals surface area contributed by atoms with Crippen molar-refractivity contribution in [2.75, 3.05) is 0 Å². The molecule has 210 valence electrons. The van der Waals surface area contributed by atoms with Crippen molar-refractivity contribution in [3.05, 3.63) is 154 Å². The first-order chi connectivity index (χ1) is 21.0. The van der Waals surface area contributed by atoms with Gasteiger partial charge in [-0.2, -0.15) is 0 Å². The molecule has 2 aromatic heterocycles. The lowest BCUT2D eigenvalue weighted by Gasteiger charge is -2.30. The van der Waals surface area contributed by atoms with Gasteiger partial charge in [0.05, 0.1) is 22.0 Å². The van der Waals surface area contributed by atoms with Crippen LogP contribution in [0.25, 0.3) is 33.9 Å². The van der Waals surface area contributed by atoms with Gasteiger partial charge in [-0.25, -0.2) is 4.99 Å². The molecule has 43 heavy (non-hydrogen) atoms. The Morgan fingerprint density at radius 2 is 1.72 bits per heavy atom. The summed E-state index contributed by atoms with van der Waals surface area (Å²) in [5, 5.41) is 1.12. The normalized spacial score (nSPS) is 16.2. The van der Waals surface area contributed by atoms with E-state index >= 15 is 0 Å². The number of halogens is 1. The molecular weight excluding hydrogens is 614 g/mol. The maximum absolute atomic E-state index is 14.5. The molecule has 8 rings (SSSR count). The van der Waals surface area contributed by atoms with Gasteiger partial charge in [0, 0.05) is 26.5 Å². The van der Waals surface area contributed by atoms with E-state index in [1.807, 2.05) is 10.6 Å². The third-order valence-electron chi connectivity index (χ3n) is 8.69. The van der Waals surface area contributed by atoms with E-state index in [9.17, 15) is 4.79 Å². The molecule has 1 atom stereocenters. The number of aromatic amines is 1. The van der Waals surface area contributed by atoms with Crippen molar-refractivity contribution in [2.24, 2.45) is 4.99 Å². The maximum Gasteiger partial charge on any atom is 0.271 e. The quantitative estimate of drug-likeness (QED) is 0.210. The zero-order chi connectivity index (χ0) is 29.2. The van der Waals surface area contributed by atoms with E-state index in [1.54, 1.807) is 0 Å². The molecule has 1 N–H and O–H groups in total. The average Bonchev–Trinajstić information content (AvgIpc) is 3.54. The van der Waals surface area contributed by atoms with Crippen LogP contribution in [-0.2, 0) is 6.42 Å². The maximum atomic E-state index is 14.5. The number of benzene rings is 4. The first-order valence-electron chi connectivity index (χ1n) is 14.5. The fourth-order valence-electron chi connectivity index (χ4n) is 6.75. The second-order valence-corrected chi connectivity index (χ2v) is 13.4. The van der Waals surface area contributed by atoms with Crippen molar-refractivity contribution < 1.29 is 0 Å². The summed E-state index contributed by atoms with van der Waals surface area (Å²) in [5.74, 6) is 0. The number of aryl methyl sites for hydroxylation is 3. The number of nitrogens with zero attached hydrogens (tertiary/aromatic N) is 2. The Morgan fingerprint density at radius 3 is 2.53 bits per heavy atom. The predicted octanol–water partition coefficient (Wildman–Crippen LogP) is 7.85. The van der Waals surface area contributed by atoms with Crippen LogP contribution in [0.1, 0.15) is 45.8 Å². The van der Waals surface area contributed by atoms with Gasteiger partial charge >= 0.3 is 0 Å². The molecule has 0 saturated heterocycles. The number of H-pyrrole nitrogens is 1. The van der Waals surface area contributed by atoms with Crippen LogP contribution in [0.2, 0.25) is 0 Å². The minimum atomic E-state index is -0.198. The Labute approximate surface area is 261 Å². The van der Waals surface area contributed by atoms with Crippen molar-refractivity contribution in [1.82, 2.24) is 9.55 Å². The molecule has 4 aromatic carbocycles. The molecule has 2 aliphatic rings. The van der Waals surface area contributed by atoms with Crippen molar-refractivity contribution in [2.45, 2.75) is 32.7 Å². The molecule has 6 heteroatoms. The molecule has 1 aliphatic heterocycles. The third-order valence-corrected chi connectivity index (χ3v) is 10.2. The van der Waals surface area contributed by atoms with Crippen LogP contribution in [0.4, 0.5) is 0 Å². The highest BCUT2D eigenvalue weighted by Gasteiger charge is 2.32. The second-order valence-electron chi connectivity index (χ2n) is 11.4. The summed E-state index contributed by atoms with van der Waals surface area (Å²) in [7, 11) is 0. The molecule has 4 nitrogen and oxygen atoms in total. The smallest absolute Gasteiger partial charge is 0.271 e. The van der Waals surface area contributed by atoms with Crippen LogP contribution >= 0.6 is 27.3 Å². The standard InChI is InChI=1S/C37H28BrN3OS/c1-21-18-22(2)32-29(19-21)30(33(39-32)24-9-4-3-5-10-24)20-31-36(42)41-35(25-12-15-26(38)16-13-25)28-17-14-23-8-6-7-11-27(23)34(28)40-37(41)43-31/h3-13,15-16,18-20,35,39H,14,17H2,1-2H3/b31-20+/t35-/m0/s1. The van der Waals surface area contributed by atoms with Gasteiger partial charge in [0.1, 0.15) is 0 Å². The molecule has 0 fully saturated rings. The van der Waals surface area contributed by atoms with E-state index in [1.165, 1.54) is 39.2 Å². The number of hydrogen-bond acceptors (Lipinski definition) is 3. The topological polar surface area (TPSA) is 50.1 Å². The first-order valence-corrected chi connectivity index (χ1v) is 16.1. The molecular formula is C37H28BrN3OS. The van der Waals surface area contributed by atoms with Crippen molar-refractivity contribution >= 4 is 49.9 Å².